The van der Waals surface area contributed by atoms with E-state index in [0.717, 1.165) is 0 Å². The van der Waals surface area contributed by atoms with Gasteiger partial charge in [0.25, 0.3) is 5.91 Å². The molecule has 6 nitrogen and oxygen atoms in total. The number of halogens is 1. The number of nitrogens with zero attached hydrogens (tertiary/aromatic N) is 1. The van der Waals surface area contributed by atoms with Crippen LogP contribution in [0, 0.1) is 10.1 Å². The van der Waals surface area contributed by atoms with Gasteiger partial charge in [0.1, 0.15) is 0 Å². The van der Waals surface area contributed by atoms with E-state index in [4.69, 9.17) is 11.6 Å². The van der Waals surface area contributed by atoms with Crippen LogP contribution in [0.5, 0.6) is 0 Å². The lowest BCUT2D eigenvalue weighted by Gasteiger charge is -2.27. The standard InChI is InChI=1S/C5H8ClN3O3/c1-2-3(9(11)12)4(10)8-5(6)7-2/h2-3,5,7H,1H3,(H,8,10). The molecule has 1 aliphatic rings. The fourth-order valence-electron chi connectivity index (χ4n) is 1.08. The van der Waals surface area contributed by atoms with E-state index in [9.17, 15) is 14.9 Å². The van der Waals surface area contributed by atoms with Crippen LogP contribution in [-0.2, 0) is 4.79 Å². The predicted octanol–water partition coefficient (Wildman–Crippen LogP) is -0.738. The zero-order valence-electron chi connectivity index (χ0n) is 6.28. The lowest BCUT2D eigenvalue weighted by molar-refractivity contribution is -0.512. The number of carbonyl (C=O) groups is 1. The van der Waals surface area contributed by atoms with Crippen LogP contribution in [-0.4, -0.2) is 28.5 Å². The summed E-state index contributed by atoms with van der Waals surface area (Å²) < 4.78 is 0. The molecule has 0 saturated carbocycles. The number of amides is 1. The molecule has 1 aliphatic heterocycles. The second-order valence-electron chi connectivity index (χ2n) is 2.56. The molecule has 68 valence electrons. The van der Waals surface area contributed by atoms with Crippen molar-refractivity contribution in [2.45, 2.75) is 24.6 Å². The number of rotatable bonds is 1. The van der Waals surface area contributed by atoms with E-state index in [1.54, 1.807) is 6.92 Å². The summed E-state index contributed by atoms with van der Waals surface area (Å²) in [6, 6.07) is -1.80. The zero-order valence-corrected chi connectivity index (χ0v) is 7.04. The summed E-state index contributed by atoms with van der Waals surface area (Å²) in [6.07, 6.45) is 0. The second-order valence-corrected chi connectivity index (χ2v) is 2.99. The normalized spacial score (nSPS) is 35.8. The molecule has 3 unspecified atom stereocenters. The topological polar surface area (TPSA) is 84.3 Å². The summed E-state index contributed by atoms with van der Waals surface area (Å²) in [6.45, 7) is 1.54. The third-order valence-corrected chi connectivity index (χ3v) is 1.88. The molecule has 3 atom stereocenters. The summed E-state index contributed by atoms with van der Waals surface area (Å²) in [7, 11) is 0. The van der Waals surface area contributed by atoms with Crippen LogP contribution in [0.3, 0.4) is 0 Å². The molecule has 7 heteroatoms. The molecule has 0 aromatic heterocycles. The molecule has 2 N–H and O–H groups in total. The van der Waals surface area contributed by atoms with Crippen LogP contribution in [0.15, 0.2) is 0 Å². The van der Waals surface area contributed by atoms with Crippen molar-refractivity contribution >= 4 is 17.5 Å². The fourth-order valence-corrected chi connectivity index (χ4v) is 1.39. The molecular weight excluding hydrogens is 186 g/mol. The molecule has 0 radical (unpaired) electrons. The number of carbonyl (C=O) groups excluding carboxylic acids is 1. The zero-order chi connectivity index (χ0) is 9.30. The van der Waals surface area contributed by atoms with Gasteiger partial charge in [-0.1, -0.05) is 11.6 Å². The maximum Gasteiger partial charge on any atom is 0.304 e. The van der Waals surface area contributed by atoms with Gasteiger partial charge in [-0.3, -0.25) is 20.2 Å². The first kappa shape index (κ1) is 9.21. The number of alkyl halides is 1. The Bertz CT molecular complexity index is 222. The van der Waals surface area contributed by atoms with Gasteiger partial charge in [0, 0.05) is 4.92 Å². The van der Waals surface area contributed by atoms with Gasteiger partial charge in [-0.2, -0.15) is 0 Å². The molecule has 1 heterocycles. The Morgan fingerprint density at radius 1 is 1.67 bits per heavy atom. The minimum atomic E-state index is -1.25. The van der Waals surface area contributed by atoms with Gasteiger partial charge in [0.05, 0.1) is 6.04 Å². The monoisotopic (exact) mass is 193 g/mol. The molecule has 0 aliphatic carbocycles. The molecule has 0 aromatic carbocycles. The summed E-state index contributed by atoms with van der Waals surface area (Å²) in [4.78, 5) is 20.7. The highest BCUT2D eigenvalue weighted by atomic mass is 35.5. The van der Waals surface area contributed by atoms with Gasteiger partial charge in [0.15, 0.2) is 5.62 Å². The van der Waals surface area contributed by atoms with E-state index in [-0.39, 0.29) is 0 Å². The van der Waals surface area contributed by atoms with Gasteiger partial charge in [-0.25, -0.2) is 0 Å². The largest absolute Gasteiger partial charge is 0.322 e. The van der Waals surface area contributed by atoms with Crippen LogP contribution in [0.1, 0.15) is 6.92 Å². The van der Waals surface area contributed by atoms with Crippen molar-refractivity contribution in [3.63, 3.8) is 0 Å². The van der Waals surface area contributed by atoms with E-state index >= 15 is 0 Å². The second kappa shape index (κ2) is 3.24. The van der Waals surface area contributed by atoms with Gasteiger partial charge in [0.2, 0.25) is 0 Å². The molecular formula is C5H8ClN3O3. The Kier molecular flexibility index (Phi) is 2.49. The lowest BCUT2D eigenvalue weighted by Crippen LogP contribution is -2.63. The molecule has 1 amide bonds. The van der Waals surface area contributed by atoms with Gasteiger partial charge in [-0.15, -0.1) is 0 Å². The molecule has 0 aromatic rings. The van der Waals surface area contributed by atoms with Crippen molar-refractivity contribution in [2.75, 3.05) is 0 Å². The number of hydrogen-bond acceptors (Lipinski definition) is 4. The van der Waals surface area contributed by atoms with E-state index in [1.165, 1.54) is 0 Å². The van der Waals surface area contributed by atoms with Crippen molar-refractivity contribution in [2.24, 2.45) is 0 Å². The van der Waals surface area contributed by atoms with Crippen LogP contribution in [0.2, 0.25) is 0 Å². The Labute approximate surface area is 73.4 Å². The number of hydrogen-bond donors (Lipinski definition) is 2. The highest BCUT2D eigenvalue weighted by Gasteiger charge is 2.41. The van der Waals surface area contributed by atoms with Crippen LogP contribution in [0.4, 0.5) is 0 Å². The highest BCUT2D eigenvalue weighted by molar-refractivity contribution is 6.21. The third kappa shape index (κ3) is 1.64. The van der Waals surface area contributed by atoms with E-state index in [0.29, 0.717) is 0 Å². The predicted molar refractivity (Wildman–Crippen MR) is 41.2 cm³/mol. The molecule has 0 spiro atoms. The van der Waals surface area contributed by atoms with Crippen molar-refractivity contribution in [1.82, 2.24) is 10.6 Å². The maximum atomic E-state index is 11.0. The first-order valence-corrected chi connectivity index (χ1v) is 3.80. The van der Waals surface area contributed by atoms with Crippen molar-refractivity contribution in [3.05, 3.63) is 10.1 Å². The minimum Gasteiger partial charge on any atom is -0.322 e. The summed E-state index contributed by atoms with van der Waals surface area (Å²) in [5.41, 5.74) is -0.719. The lowest BCUT2D eigenvalue weighted by atomic mass is 10.1. The average Bonchev–Trinajstić information content (AvgIpc) is 1.82. The molecule has 12 heavy (non-hydrogen) atoms. The number of nitrogens with one attached hydrogen (secondary N) is 2. The van der Waals surface area contributed by atoms with Gasteiger partial charge in [-0.05, 0) is 6.92 Å². The summed E-state index contributed by atoms with van der Waals surface area (Å²) in [5.74, 6) is -0.647. The van der Waals surface area contributed by atoms with E-state index < -0.39 is 28.5 Å². The van der Waals surface area contributed by atoms with Crippen molar-refractivity contribution in [3.8, 4) is 0 Å². The third-order valence-electron chi connectivity index (χ3n) is 1.65. The Hall–Kier alpha value is -0.880. The van der Waals surface area contributed by atoms with Crippen molar-refractivity contribution in [1.29, 1.82) is 0 Å². The smallest absolute Gasteiger partial charge is 0.304 e. The van der Waals surface area contributed by atoms with E-state index in [2.05, 4.69) is 10.6 Å². The Morgan fingerprint density at radius 2 is 2.25 bits per heavy atom. The average molecular weight is 194 g/mol. The SMILES string of the molecule is CC1NC(Cl)NC(=O)C1[N+](=O)[O-]. The first-order valence-electron chi connectivity index (χ1n) is 3.36. The van der Waals surface area contributed by atoms with Crippen LogP contribution < -0.4 is 10.6 Å². The summed E-state index contributed by atoms with van der Waals surface area (Å²) >= 11 is 5.51. The van der Waals surface area contributed by atoms with Crippen molar-refractivity contribution < 1.29 is 9.72 Å². The molecule has 1 rings (SSSR count). The van der Waals surface area contributed by atoms with E-state index in [1.807, 2.05) is 0 Å². The van der Waals surface area contributed by atoms with Gasteiger partial charge >= 0.3 is 6.04 Å². The minimum absolute atomic E-state index is 0.545. The van der Waals surface area contributed by atoms with Crippen LogP contribution >= 0.6 is 11.6 Å². The molecule has 1 saturated heterocycles. The van der Waals surface area contributed by atoms with Gasteiger partial charge < -0.3 is 5.32 Å². The number of nitro groups is 1. The molecule has 1 fully saturated rings. The quantitative estimate of drug-likeness (QED) is 0.249. The Balaban J connectivity index is 2.73. The summed E-state index contributed by atoms with van der Waals surface area (Å²) in [5, 5.41) is 15.2. The highest BCUT2D eigenvalue weighted by Crippen LogP contribution is 2.06. The fraction of sp³-hybridized carbons (Fsp3) is 0.800. The maximum absolute atomic E-state index is 11.0. The Morgan fingerprint density at radius 3 is 2.67 bits per heavy atom. The molecule has 0 bridgehead atoms. The first-order chi connectivity index (χ1) is 5.52. The van der Waals surface area contributed by atoms with Crippen LogP contribution in [0.25, 0.3) is 0 Å².